The maximum atomic E-state index is 11.3. The Balaban J connectivity index is 2.15. The van der Waals surface area contributed by atoms with Crippen molar-refractivity contribution in [3.8, 4) is 11.5 Å². The Morgan fingerprint density at radius 1 is 1.36 bits per heavy atom. The van der Waals surface area contributed by atoms with Gasteiger partial charge in [0.2, 0.25) is 5.75 Å². The van der Waals surface area contributed by atoms with E-state index in [1.807, 2.05) is 26.8 Å². The summed E-state index contributed by atoms with van der Waals surface area (Å²) < 4.78 is 19.0. The Bertz CT molecular complexity index is 636. The van der Waals surface area contributed by atoms with Crippen LogP contribution in [0.25, 0.3) is 0 Å². The molecule has 1 aliphatic heterocycles. The number of hydrogen-bond donors (Lipinski definition) is 3. The number of rotatable bonds is 6. The number of ether oxygens (including phenoxy) is 1. The predicted octanol–water partition coefficient (Wildman–Crippen LogP) is 2.93. The second-order valence-electron chi connectivity index (χ2n) is 6.82. The van der Waals surface area contributed by atoms with Crippen LogP contribution in [0, 0.1) is 0 Å². The summed E-state index contributed by atoms with van der Waals surface area (Å²) in [5.41, 5.74) is 0.109. The second kappa shape index (κ2) is 6.94. The minimum Gasteiger partial charge on any atom is -0.482 e. The maximum absolute atomic E-state index is 11.3. The van der Waals surface area contributed by atoms with Crippen LogP contribution in [0.2, 0.25) is 0 Å². The van der Waals surface area contributed by atoms with Crippen molar-refractivity contribution in [2.75, 3.05) is 0 Å². The van der Waals surface area contributed by atoms with Crippen LogP contribution < -0.4 is 9.62 Å². The van der Waals surface area contributed by atoms with Crippen molar-refractivity contribution in [2.45, 2.75) is 69.7 Å². The summed E-state index contributed by atoms with van der Waals surface area (Å²) in [6.07, 6.45) is 1.04. The Hall–Kier alpha value is -1.03. The van der Waals surface area contributed by atoms with Crippen LogP contribution in [0.3, 0.4) is 0 Å². The lowest BCUT2D eigenvalue weighted by Crippen LogP contribution is -2.63. The lowest BCUT2D eigenvalue weighted by atomic mass is 9.57. The molecule has 0 radical (unpaired) electrons. The number of fused-ring (bicyclic) bond motifs is 3. The molecule has 4 atom stereocenters. The Morgan fingerprint density at radius 2 is 2.12 bits per heavy atom. The first-order valence-corrected chi connectivity index (χ1v) is 9.17. The van der Waals surface area contributed by atoms with Crippen LogP contribution in [0.15, 0.2) is 12.1 Å². The number of aliphatic hydroxyl groups excluding tert-OH is 1. The summed E-state index contributed by atoms with van der Waals surface area (Å²) >= 11 is 0.0178. The number of aliphatic hydroxyl groups is 2. The van der Waals surface area contributed by atoms with Crippen LogP contribution in [-0.2, 0) is 21.2 Å². The smallest absolute Gasteiger partial charge is 0.210 e. The van der Waals surface area contributed by atoms with Gasteiger partial charge in [-0.05, 0) is 44.2 Å². The average molecular weight is 372 g/mol. The fourth-order valence-electron chi connectivity index (χ4n) is 4.55. The third kappa shape index (κ3) is 2.72. The molecule has 7 nitrogen and oxygen atoms in total. The third-order valence-corrected chi connectivity index (χ3v) is 5.86. The molecular weight excluding hydrogens is 348 g/mol. The summed E-state index contributed by atoms with van der Waals surface area (Å²) in [7, 11) is 0. The lowest BCUT2D eigenvalue weighted by molar-refractivity contribution is -0.406. The average Bonchev–Trinajstić information content (AvgIpc) is 2.97. The topological polar surface area (TPSA) is 97.6 Å². The van der Waals surface area contributed by atoms with Gasteiger partial charge in [0.25, 0.3) is 0 Å². The van der Waals surface area contributed by atoms with E-state index < -0.39 is 23.2 Å². The molecule has 0 amide bonds. The monoisotopic (exact) mass is 372 g/mol. The van der Waals surface area contributed by atoms with Gasteiger partial charge in [0.05, 0.1) is 17.1 Å². The van der Waals surface area contributed by atoms with E-state index in [0.717, 1.165) is 17.5 Å². The highest BCUT2D eigenvalue weighted by Crippen LogP contribution is 2.60. The van der Waals surface area contributed by atoms with Crippen LogP contribution in [0.1, 0.15) is 51.2 Å². The predicted molar refractivity (Wildman–Crippen MR) is 91.1 cm³/mol. The number of aryl methyl sites for hydroxylation is 1. The lowest BCUT2D eigenvalue weighted by Gasteiger charge is -2.51. The quantitative estimate of drug-likeness (QED) is 0.303. The molecule has 1 fully saturated rings. The van der Waals surface area contributed by atoms with E-state index in [4.69, 9.17) is 14.2 Å². The van der Waals surface area contributed by atoms with E-state index in [1.54, 1.807) is 6.07 Å². The van der Waals surface area contributed by atoms with E-state index in [2.05, 4.69) is 9.37 Å². The van der Waals surface area contributed by atoms with E-state index in [-0.39, 0.29) is 18.1 Å². The summed E-state index contributed by atoms with van der Waals surface area (Å²) in [5, 5.41) is 26.3. The van der Waals surface area contributed by atoms with E-state index in [1.165, 1.54) is 0 Å². The molecule has 140 valence electrons. The van der Waals surface area contributed by atoms with Gasteiger partial charge < -0.3 is 24.4 Å². The van der Waals surface area contributed by atoms with E-state index in [9.17, 15) is 10.2 Å². The van der Waals surface area contributed by atoms with Crippen LogP contribution in [-0.4, -0.2) is 32.6 Å². The van der Waals surface area contributed by atoms with Gasteiger partial charge in [-0.1, -0.05) is 24.2 Å². The molecule has 0 bridgehead atoms. The van der Waals surface area contributed by atoms with Crippen LogP contribution >= 0.6 is 12.3 Å². The molecule has 3 rings (SSSR count). The molecule has 1 aromatic rings. The van der Waals surface area contributed by atoms with Crippen molar-refractivity contribution in [3.05, 3.63) is 23.3 Å². The highest BCUT2D eigenvalue weighted by atomic mass is 32.2. The van der Waals surface area contributed by atoms with Crippen molar-refractivity contribution in [2.24, 2.45) is 0 Å². The molecule has 0 saturated heterocycles. The molecule has 3 N–H and O–H groups in total. The van der Waals surface area contributed by atoms with Crippen molar-refractivity contribution in [1.29, 1.82) is 0 Å². The summed E-state index contributed by atoms with van der Waals surface area (Å²) in [4.78, 5) is 5.10. The maximum Gasteiger partial charge on any atom is 0.210 e. The van der Waals surface area contributed by atoms with E-state index >= 15 is 0 Å². The van der Waals surface area contributed by atoms with Crippen molar-refractivity contribution >= 4 is 12.3 Å². The highest BCUT2D eigenvalue weighted by Gasteiger charge is 2.64. The molecule has 2 unspecified atom stereocenters. The third-order valence-electron chi connectivity index (χ3n) is 5.74. The fraction of sp³-hybridized carbons (Fsp3) is 0.647. The first kappa shape index (κ1) is 18.8. The molecule has 1 heterocycles. The van der Waals surface area contributed by atoms with Crippen molar-refractivity contribution in [1.82, 2.24) is 0 Å². The molecule has 8 heteroatoms. The largest absolute Gasteiger partial charge is 0.482 e. The van der Waals surface area contributed by atoms with Gasteiger partial charge >= 0.3 is 0 Å². The molecule has 1 saturated carbocycles. The Kier molecular flexibility index (Phi) is 5.21. The normalized spacial score (nSPS) is 33.5. The van der Waals surface area contributed by atoms with Crippen molar-refractivity contribution < 1.29 is 33.8 Å². The van der Waals surface area contributed by atoms with Crippen molar-refractivity contribution in [3.63, 3.8) is 0 Å². The van der Waals surface area contributed by atoms with Gasteiger partial charge in [-0.25, -0.2) is 0 Å². The van der Waals surface area contributed by atoms with Gasteiger partial charge in [-0.3, -0.25) is 0 Å². The molecule has 0 spiro atoms. The molecule has 2 aliphatic rings. The summed E-state index contributed by atoms with van der Waals surface area (Å²) in [6.45, 7) is 5.83. The van der Waals surface area contributed by atoms with Gasteiger partial charge in [0, 0.05) is 10.6 Å². The molecule has 1 aromatic carbocycles. The second-order valence-corrected chi connectivity index (χ2v) is 7.10. The van der Waals surface area contributed by atoms with Crippen LogP contribution in [0.4, 0.5) is 0 Å². The first-order chi connectivity index (χ1) is 11.9. The van der Waals surface area contributed by atoms with Gasteiger partial charge in [0.15, 0.2) is 18.1 Å². The first-order valence-electron chi connectivity index (χ1n) is 8.47. The van der Waals surface area contributed by atoms with Crippen LogP contribution in [0.5, 0.6) is 11.5 Å². The standard InChI is InChI=1S/C17H24O7S/c1-4-10-6-7-12(22-23-24-25-20)14-13(10)17(5-2)15(21-14)11(18)8-9-16(17,3)19/h6-7,11,15,18-20H,4-5,8-9H2,1-3H3/t11?,15-,16?,17-/m0/s1. The fourth-order valence-corrected chi connectivity index (χ4v) is 4.60. The zero-order valence-corrected chi connectivity index (χ0v) is 15.3. The summed E-state index contributed by atoms with van der Waals surface area (Å²) in [6, 6.07) is 3.58. The Morgan fingerprint density at radius 3 is 2.76 bits per heavy atom. The Labute approximate surface area is 151 Å². The number of benzene rings is 1. The molecule has 1 aliphatic carbocycles. The molecule has 0 aromatic heterocycles. The number of hydrogen-bond acceptors (Lipinski definition) is 8. The highest BCUT2D eigenvalue weighted by molar-refractivity contribution is 7.88. The SMILES string of the molecule is CCc1ccc(OOOSO)c2c1[C@@]1(CC)[C@@H](O2)C(O)CCC1(C)O. The minimum absolute atomic E-state index is 0.0178. The van der Waals surface area contributed by atoms with Gasteiger partial charge in [0.1, 0.15) is 6.10 Å². The zero-order valence-electron chi connectivity index (χ0n) is 14.5. The van der Waals surface area contributed by atoms with Gasteiger partial charge in [-0.2, -0.15) is 0 Å². The molecular formula is C17H24O7S. The van der Waals surface area contributed by atoms with Gasteiger partial charge in [-0.15, -0.1) is 0 Å². The zero-order chi connectivity index (χ0) is 18.2. The minimum atomic E-state index is -1.03. The summed E-state index contributed by atoms with van der Waals surface area (Å²) in [5.74, 6) is 0.713. The molecule has 25 heavy (non-hydrogen) atoms. The van der Waals surface area contributed by atoms with E-state index in [0.29, 0.717) is 25.0 Å².